The minimum Gasteiger partial charge on any atom is -0.478 e. The van der Waals surface area contributed by atoms with Crippen LogP contribution in [0.3, 0.4) is 0 Å². The third-order valence-electron chi connectivity index (χ3n) is 2.80. The second kappa shape index (κ2) is 6.03. The molecule has 4 nitrogen and oxygen atoms in total. The maximum Gasteiger partial charge on any atom is 0.328 e. The van der Waals surface area contributed by atoms with E-state index >= 15 is 0 Å². The van der Waals surface area contributed by atoms with Crippen molar-refractivity contribution < 1.29 is 9.90 Å². The third kappa shape index (κ3) is 3.90. The van der Waals surface area contributed by atoms with E-state index in [0.717, 1.165) is 23.9 Å². The highest BCUT2D eigenvalue weighted by molar-refractivity contribution is 5.85. The summed E-state index contributed by atoms with van der Waals surface area (Å²) in [6.07, 6.45) is 5.37. The minimum absolute atomic E-state index is 0.433. The Bertz CT molecular complexity index is 398. The summed E-state index contributed by atoms with van der Waals surface area (Å²) in [7, 11) is 2.00. The van der Waals surface area contributed by atoms with E-state index in [2.05, 4.69) is 23.7 Å². The molecule has 0 fully saturated rings. The van der Waals surface area contributed by atoms with E-state index in [4.69, 9.17) is 5.11 Å². The number of carbonyl (C=O) groups is 1. The Morgan fingerprint density at radius 3 is 2.76 bits per heavy atom. The number of carboxylic acid groups (broad SMARTS) is 1. The topological polar surface area (TPSA) is 53.4 Å². The van der Waals surface area contributed by atoms with Crippen LogP contribution in [0.5, 0.6) is 0 Å². The number of aliphatic carboxylic acids is 1. The molecular formula is C13H18N2O2. The molecule has 92 valence electrons. The minimum atomic E-state index is -0.953. The van der Waals surface area contributed by atoms with Crippen LogP contribution in [0, 0.1) is 0 Å². The van der Waals surface area contributed by atoms with Crippen molar-refractivity contribution in [1.82, 2.24) is 4.98 Å². The van der Waals surface area contributed by atoms with Crippen LogP contribution in [0.1, 0.15) is 25.8 Å². The molecule has 0 spiro atoms. The van der Waals surface area contributed by atoms with Gasteiger partial charge in [-0.2, -0.15) is 0 Å². The van der Waals surface area contributed by atoms with Crippen molar-refractivity contribution in [2.45, 2.75) is 26.3 Å². The molecule has 1 N–H and O–H groups in total. The summed E-state index contributed by atoms with van der Waals surface area (Å²) in [5, 5.41) is 8.51. The molecule has 0 saturated heterocycles. The highest BCUT2D eigenvalue weighted by Gasteiger charge is 2.08. The van der Waals surface area contributed by atoms with Gasteiger partial charge in [0.05, 0.1) is 0 Å². The number of hydrogen-bond donors (Lipinski definition) is 1. The first kappa shape index (κ1) is 13.2. The van der Waals surface area contributed by atoms with Crippen LogP contribution in [0.25, 0.3) is 6.08 Å². The van der Waals surface area contributed by atoms with E-state index in [1.165, 1.54) is 6.08 Å². The number of pyridine rings is 1. The van der Waals surface area contributed by atoms with Gasteiger partial charge >= 0.3 is 5.97 Å². The van der Waals surface area contributed by atoms with Crippen molar-refractivity contribution >= 4 is 17.9 Å². The van der Waals surface area contributed by atoms with Crippen molar-refractivity contribution in [3.8, 4) is 0 Å². The fourth-order valence-corrected chi connectivity index (χ4v) is 1.37. The zero-order valence-corrected chi connectivity index (χ0v) is 10.4. The van der Waals surface area contributed by atoms with Gasteiger partial charge in [0.2, 0.25) is 0 Å². The van der Waals surface area contributed by atoms with Crippen molar-refractivity contribution in [2.24, 2.45) is 0 Å². The molecule has 0 aliphatic rings. The monoisotopic (exact) mass is 234 g/mol. The van der Waals surface area contributed by atoms with E-state index in [1.54, 1.807) is 6.20 Å². The van der Waals surface area contributed by atoms with Gasteiger partial charge < -0.3 is 10.0 Å². The molecular weight excluding hydrogens is 216 g/mol. The first-order valence-electron chi connectivity index (χ1n) is 5.64. The molecule has 1 heterocycles. The zero-order chi connectivity index (χ0) is 12.8. The van der Waals surface area contributed by atoms with Crippen LogP contribution >= 0.6 is 0 Å². The van der Waals surface area contributed by atoms with Gasteiger partial charge in [-0.15, -0.1) is 0 Å². The molecule has 1 unspecified atom stereocenters. The predicted octanol–water partition coefficient (Wildman–Crippen LogP) is 2.41. The molecule has 1 aromatic heterocycles. The quantitative estimate of drug-likeness (QED) is 0.795. The summed E-state index contributed by atoms with van der Waals surface area (Å²) in [4.78, 5) is 16.8. The summed E-state index contributed by atoms with van der Waals surface area (Å²) in [6, 6.07) is 4.19. The number of nitrogens with zero attached hydrogens (tertiary/aromatic N) is 2. The molecule has 1 rings (SSSR count). The van der Waals surface area contributed by atoms with Crippen LogP contribution in [-0.2, 0) is 4.79 Å². The van der Waals surface area contributed by atoms with E-state index < -0.39 is 5.97 Å². The Morgan fingerprint density at radius 1 is 1.59 bits per heavy atom. The molecule has 0 aliphatic carbocycles. The van der Waals surface area contributed by atoms with Gasteiger partial charge in [0.1, 0.15) is 5.82 Å². The third-order valence-corrected chi connectivity index (χ3v) is 2.80. The largest absolute Gasteiger partial charge is 0.478 e. The molecule has 0 aromatic carbocycles. The van der Waals surface area contributed by atoms with E-state index in [-0.39, 0.29) is 0 Å². The Morgan fingerprint density at radius 2 is 2.29 bits per heavy atom. The Labute approximate surface area is 102 Å². The Hall–Kier alpha value is -1.84. The molecule has 0 radical (unpaired) electrons. The van der Waals surface area contributed by atoms with Gasteiger partial charge in [-0.1, -0.05) is 6.92 Å². The number of anilines is 1. The summed E-state index contributed by atoms with van der Waals surface area (Å²) < 4.78 is 0. The second-order valence-electron chi connectivity index (χ2n) is 3.99. The number of rotatable bonds is 5. The molecule has 4 heteroatoms. The van der Waals surface area contributed by atoms with Gasteiger partial charge in [0.15, 0.2) is 0 Å². The van der Waals surface area contributed by atoms with Crippen LogP contribution < -0.4 is 4.90 Å². The van der Waals surface area contributed by atoms with Crippen LogP contribution in [0.15, 0.2) is 24.4 Å². The SMILES string of the molecule is CCC(C)N(C)c1ccc(/C=C/C(=O)O)cn1. The van der Waals surface area contributed by atoms with Crippen molar-refractivity contribution in [3.05, 3.63) is 30.0 Å². The Kier molecular flexibility index (Phi) is 4.69. The first-order chi connectivity index (χ1) is 8.04. The maximum absolute atomic E-state index is 10.4. The highest BCUT2D eigenvalue weighted by Crippen LogP contribution is 2.14. The molecule has 0 amide bonds. The van der Waals surface area contributed by atoms with Crippen LogP contribution in [0.2, 0.25) is 0 Å². The lowest BCUT2D eigenvalue weighted by atomic mass is 10.2. The zero-order valence-electron chi connectivity index (χ0n) is 10.4. The lowest BCUT2D eigenvalue weighted by Crippen LogP contribution is -2.28. The fourth-order valence-electron chi connectivity index (χ4n) is 1.37. The average Bonchev–Trinajstić information content (AvgIpc) is 2.35. The highest BCUT2D eigenvalue weighted by atomic mass is 16.4. The normalized spacial score (nSPS) is 12.6. The lowest BCUT2D eigenvalue weighted by molar-refractivity contribution is -0.131. The maximum atomic E-state index is 10.4. The fraction of sp³-hybridized carbons (Fsp3) is 0.385. The molecule has 17 heavy (non-hydrogen) atoms. The van der Waals surface area contributed by atoms with Gasteiger partial charge in [0.25, 0.3) is 0 Å². The molecule has 1 atom stereocenters. The van der Waals surface area contributed by atoms with E-state index in [0.29, 0.717) is 6.04 Å². The van der Waals surface area contributed by atoms with Crippen LogP contribution in [0.4, 0.5) is 5.82 Å². The van der Waals surface area contributed by atoms with Gasteiger partial charge in [-0.25, -0.2) is 9.78 Å². The van der Waals surface area contributed by atoms with Crippen molar-refractivity contribution in [3.63, 3.8) is 0 Å². The smallest absolute Gasteiger partial charge is 0.328 e. The van der Waals surface area contributed by atoms with E-state index in [1.807, 2.05) is 19.2 Å². The summed E-state index contributed by atoms with van der Waals surface area (Å²) in [6.45, 7) is 4.27. The van der Waals surface area contributed by atoms with E-state index in [9.17, 15) is 4.79 Å². The molecule has 1 aromatic rings. The molecule has 0 aliphatic heterocycles. The average molecular weight is 234 g/mol. The first-order valence-corrected chi connectivity index (χ1v) is 5.64. The molecule has 0 saturated carbocycles. The number of hydrogen-bond acceptors (Lipinski definition) is 3. The second-order valence-corrected chi connectivity index (χ2v) is 3.99. The van der Waals surface area contributed by atoms with Crippen LogP contribution in [-0.4, -0.2) is 29.1 Å². The summed E-state index contributed by atoms with van der Waals surface area (Å²) in [5.74, 6) is -0.0578. The Balaban J connectivity index is 2.77. The van der Waals surface area contributed by atoms with Crippen molar-refractivity contribution in [2.75, 3.05) is 11.9 Å². The predicted molar refractivity (Wildman–Crippen MR) is 69.1 cm³/mol. The lowest BCUT2D eigenvalue weighted by Gasteiger charge is -2.24. The standard InChI is InChI=1S/C13H18N2O2/c1-4-10(2)15(3)12-7-5-11(9-14-12)6-8-13(16)17/h5-10H,4H2,1-3H3,(H,16,17)/b8-6+. The molecule has 0 bridgehead atoms. The number of aromatic nitrogens is 1. The summed E-state index contributed by atoms with van der Waals surface area (Å²) >= 11 is 0. The van der Waals surface area contributed by atoms with Gasteiger partial charge in [-0.05, 0) is 37.1 Å². The van der Waals surface area contributed by atoms with Gasteiger partial charge in [0, 0.05) is 25.4 Å². The van der Waals surface area contributed by atoms with Gasteiger partial charge in [-0.3, -0.25) is 0 Å². The van der Waals surface area contributed by atoms with Crippen molar-refractivity contribution in [1.29, 1.82) is 0 Å². The summed E-state index contributed by atoms with van der Waals surface area (Å²) in [5.41, 5.74) is 0.786. The number of carboxylic acids is 1.